The van der Waals surface area contributed by atoms with Crippen LogP contribution < -0.4 is 10.1 Å². The molecule has 0 aliphatic heterocycles. The molecule has 0 radical (unpaired) electrons. The van der Waals surface area contributed by atoms with Gasteiger partial charge in [-0.15, -0.1) is 0 Å². The normalized spacial score (nSPS) is 16.6. The third-order valence-electron chi connectivity index (χ3n) is 3.99. The lowest BCUT2D eigenvalue weighted by atomic mass is 9.96. The molecule has 3 heteroatoms. The number of nitrogens with one attached hydrogen (secondary N) is 1. The summed E-state index contributed by atoms with van der Waals surface area (Å²) in [5.74, 6) is 1.50. The van der Waals surface area contributed by atoms with E-state index in [1.165, 1.54) is 37.7 Å². The molecule has 1 aliphatic carbocycles. The first-order chi connectivity index (χ1) is 9.66. The maximum absolute atomic E-state index is 5.96. The zero-order chi connectivity index (χ0) is 14.4. The molecule has 0 saturated heterocycles. The van der Waals surface area contributed by atoms with Gasteiger partial charge in [0.25, 0.3) is 0 Å². The van der Waals surface area contributed by atoms with Crippen molar-refractivity contribution in [3.63, 3.8) is 0 Å². The molecular weight excluding hydrogens is 314 g/mol. The van der Waals surface area contributed by atoms with Crippen LogP contribution in [0, 0.1) is 0 Å². The molecule has 1 aliphatic rings. The van der Waals surface area contributed by atoms with Crippen molar-refractivity contribution in [1.29, 1.82) is 0 Å². The Morgan fingerprint density at radius 3 is 2.70 bits per heavy atom. The Morgan fingerprint density at radius 2 is 2.00 bits per heavy atom. The Balaban J connectivity index is 1.78. The molecule has 0 heterocycles. The molecule has 1 N–H and O–H groups in total. The number of ether oxygens (including phenoxy) is 1. The van der Waals surface area contributed by atoms with Crippen LogP contribution in [0.15, 0.2) is 22.7 Å². The summed E-state index contributed by atoms with van der Waals surface area (Å²) in [5, 5.41) is 3.62. The summed E-state index contributed by atoms with van der Waals surface area (Å²) in [5.41, 5.74) is 1.28. The van der Waals surface area contributed by atoms with Gasteiger partial charge in [-0.05, 0) is 42.5 Å². The molecule has 1 fully saturated rings. The van der Waals surface area contributed by atoms with Gasteiger partial charge in [0.2, 0.25) is 0 Å². The number of hydrogen-bond donors (Lipinski definition) is 1. The van der Waals surface area contributed by atoms with E-state index < -0.39 is 0 Å². The first kappa shape index (κ1) is 15.8. The van der Waals surface area contributed by atoms with E-state index in [1.54, 1.807) is 0 Å². The summed E-state index contributed by atoms with van der Waals surface area (Å²) in [6, 6.07) is 6.99. The van der Waals surface area contributed by atoms with E-state index in [0.717, 1.165) is 23.4 Å². The Hall–Kier alpha value is -0.540. The highest BCUT2D eigenvalue weighted by molar-refractivity contribution is 9.10. The van der Waals surface area contributed by atoms with Gasteiger partial charge < -0.3 is 10.1 Å². The molecule has 0 bridgehead atoms. The van der Waals surface area contributed by atoms with Gasteiger partial charge in [-0.25, -0.2) is 0 Å². The average molecular weight is 340 g/mol. The van der Waals surface area contributed by atoms with Crippen LogP contribution in [0.2, 0.25) is 0 Å². The molecule has 20 heavy (non-hydrogen) atoms. The minimum absolute atomic E-state index is 0.480. The SMILES string of the molecule is CC(C)c1cc(Br)ccc1OCCNC1CCCCC1. The number of hydrogen-bond acceptors (Lipinski definition) is 2. The number of halogens is 1. The standard InChI is InChI=1S/C17H26BrNO/c1-13(2)16-12-14(18)8-9-17(16)20-11-10-19-15-6-4-3-5-7-15/h8-9,12-13,15,19H,3-7,10-11H2,1-2H3. The van der Waals surface area contributed by atoms with E-state index in [2.05, 4.69) is 53.3 Å². The maximum atomic E-state index is 5.96. The summed E-state index contributed by atoms with van der Waals surface area (Å²) >= 11 is 3.53. The lowest BCUT2D eigenvalue weighted by molar-refractivity contribution is 0.286. The molecule has 2 rings (SSSR count). The predicted octanol–water partition coefficient (Wildman–Crippen LogP) is 4.87. The van der Waals surface area contributed by atoms with E-state index in [4.69, 9.17) is 4.74 Å². The van der Waals surface area contributed by atoms with Crippen molar-refractivity contribution in [2.45, 2.75) is 57.9 Å². The Bertz CT molecular complexity index is 413. The third kappa shape index (κ3) is 4.78. The molecule has 112 valence electrons. The van der Waals surface area contributed by atoms with Crippen molar-refractivity contribution >= 4 is 15.9 Å². The molecule has 1 aromatic carbocycles. The zero-order valence-electron chi connectivity index (χ0n) is 12.6. The van der Waals surface area contributed by atoms with Crippen molar-refractivity contribution in [1.82, 2.24) is 5.32 Å². The van der Waals surface area contributed by atoms with Crippen LogP contribution in [-0.2, 0) is 0 Å². The molecule has 0 spiro atoms. The maximum Gasteiger partial charge on any atom is 0.122 e. The minimum atomic E-state index is 0.480. The largest absolute Gasteiger partial charge is 0.492 e. The van der Waals surface area contributed by atoms with Crippen LogP contribution in [0.5, 0.6) is 5.75 Å². The van der Waals surface area contributed by atoms with Gasteiger partial charge in [0.15, 0.2) is 0 Å². The van der Waals surface area contributed by atoms with Gasteiger partial charge >= 0.3 is 0 Å². The van der Waals surface area contributed by atoms with E-state index in [1.807, 2.05) is 0 Å². The summed E-state index contributed by atoms with van der Waals surface area (Å²) in [6.45, 7) is 6.10. The highest BCUT2D eigenvalue weighted by Gasteiger charge is 2.12. The molecule has 2 nitrogen and oxygen atoms in total. The van der Waals surface area contributed by atoms with Crippen molar-refractivity contribution in [3.05, 3.63) is 28.2 Å². The summed E-state index contributed by atoms with van der Waals surface area (Å²) in [7, 11) is 0. The lowest BCUT2D eigenvalue weighted by Gasteiger charge is -2.23. The summed E-state index contributed by atoms with van der Waals surface area (Å²) < 4.78 is 7.08. The highest BCUT2D eigenvalue weighted by atomic mass is 79.9. The van der Waals surface area contributed by atoms with Gasteiger partial charge in [-0.3, -0.25) is 0 Å². The van der Waals surface area contributed by atoms with Gasteiger partial charge in [0.05, 0.1) is 0 Å². The predicted molar refractivity (Wildman–Crippen MR) is 88.6 cm³/mol. The first-order valence-corrected chi connectivity index (χ1v) is 8.61. The molecule has 0 amide bonds. The number of benzene rings is 1. The van der Waals surface area contributed by atoms with Gasteiger partial charge in [-0.2, -0.15) is 0 Å². The lowest BCUT2D eigenvalue weighted by Crippen LogP contribution is -2.34. The highest BCUT2D eigenvalue weighted by Crippen LogP contribution is 2.29. The van der Waals surface area contributed by atoms with E-state index in [-0.39, 0.29) is 0 Å². The second-order valence-electron chi connectivity index (χ2n) is 5.97. The number of rotatable bonds is 6. The quantitative estimate of drug-likeness (QED) is 0.746. The van der Waals surface area contributed by atoms with Crippen LogP contribution in [0.1, 0.15) is 57.4 Å². The summed E-state index contributed by atoms with van der Waals surface area (Å²) in [6.07, 6.45) is 6.82. The Morgan fingerprint density at radius 1 is 1.25 bits per heavy atom. The van der Waals surface area contributed by atoms with Gasteiger partial charge in [0, 0.05) is 17.1 Å². The van der Waals surface area contributed by atoms with Crippen LogP contribution in [0.4, 0.5) is 0 Å². The fraction of sp³-hybridized carbons (Fsp3) is 0.647. The Labute approximate surface area is 131 Å². The van der Waals surface area contributed by atoms with Crippen molar-refractivity contribution in [2.24, 2.45) is 0 Å². The van der Waals surface area contributed by atoms with Gasteiger partial charge in [-0.1, -0.05) is 49.0 Å². The average Bonchev–Trinajstić information content (AvgIpc) is 2.45. The van der Waals surface area contributed by atoms with Crippen molar-refractivity contribution in [2.75, 3.05) is 13.2 Å². The molecular formula is C17H26BrNO. The zero-order valence-corrected chi connectivity index (χ0v) is 14.2. The second kappa shape index (κ2) is 8.04. The monoisotopic (exact) mass is 339 g/mol. The topological polar surface area (TPSA) is 21.3 Å². The second-order valence-corrected chi connectivity index (χ2v) is 6.89. The molecule has 0 atom stereocenters. The summed E-state index contributed by atoms with van der Waals surface area (Å²) in [4.78, 5) is 0. The Kier molecular flexibility index (Phi) is 6.37. The first-order valence-electron chi connectivity index (χ1n) is 7.82. The minimum Gasteiger partial charge on any atom is -0.492 e. The third-order valence-corrected chi connectivity index (χ3v) is 4.48. The molecule has 1 saturated carbocycles. The van der Waals surface area contributed by atoms with Crippen LogP contribution in [0.3, 0.4) is 0 Å². The molecule has 1 aromatic rings. The fourth-order valence-corrected chi connectivity index (χ4v) is 3.21. The van der Waals surface area contributed by atoms with Crippen molar-refractivity contribution < 1.29 is 4.74 Å². The van der Waals surface area contributed by atoms with Crippen LogP contribution >= 0.6 is 15.9 Å². The van der Waals surface area contributed by atoms with Gasteiger partial charge in [0.1, 0.15) is 12.4 Å². The van der Waals surface area contributed by atoms with Crippen LogP contribution in [-0.4, -0.2) is 19.2 Å². The van der Waals surface area contributed by atoms with Crippen LogP contribution in [0.25, 0.3) is 0 Å². The molecule has 0 unspecified atom stereocenters. The van der Waals surface area contributed by atoms with E-state index >= 15 is 0 Å². The van der Waals surface area contributed by atoms with E-state index in [0.29, 0.717) is 12.0 Å². The van der Waals surface area contributed by atoms with E-state index in [9.17, 15) is 0 Å². The fourth-order valence-electron chi connectivity index (χ4n) is 2.83. The molecule has 0 aromatic heterocycles. The van der Waals surface area contributed by atoms with Crippen molar-refractivity contribution in [3.8, 4) is 5.75 Å². The smallest absolute Gasteiger partial charge is 0.122 e.